The van der Waals surface area contributed by atoms with Crippen molar-refractivity contribution in [2.75, 3.05) is 29.1 Å². The summed E-state index contributed by atoms with van der Waals surface area (Å²) in [5, 5.41) is 4.10. The lowest BCUT2D eigenvalue weighted by molar-refractivity contribution is -0.124. The number of imide groups is 1. The maximum atomic E-state index is 12.9. The largest absolute Gasteiger partial charge is 0.376 e. The number of nitrogens with zero attached hydrogens (tertiary/aromatic N) is 8. The smallest absolute Gasteiger partial charge is 0.331 e. The van der Waals surface area contributed by atoms with Crippen LogP contribution in [0, 0.1) is 12.8 Å². The third-order valence-corrected chi connectivity index (χ3v) is 8.03. The van der Waals surface area contributed by atoms with Gasteiger partial charge in [-0.3, -0.25) is 19.4 Å². The van der Waals surface area contributed by atoms with Crippen molar-refractivity contribution < 1.29 is 14.4 Å². The molecule has 4 radical (unpaired) electrons. The average Bonchev–Trinajstić information content (AvgIpc) is 3.90. The fraction of sp³-hybridized carbons (Fsp3) is 0.357. The van der Waals surface area contributed by atoms with E-state index in [1.807, 2.05) is 25.3 Å². The van der Waals surface area contributed by atoms with Gasteiger partial charge in [-0.25, -0.2) is 29.7 Å². The highest BCUT2D eigenvalue weighted by Gasteiger charge is 2.46. The van der Waals surface area contributed by atoms with Crippen molar-refractivity contribution in [3.63, 3.8) is 0 Å². The molecule has 13 nitrogen and oxygen atoms in total. The van der Waals surface area contributed by atoms with Crippen molar-refractivity contribution in [1.29, 1.82) is 0 Å². The molecule has 2 saturated carbocycles. The van der Waals surface area contributed by atoms with Gasteiger partial charge in [-0.05, 0) is 49.8 Å². The molecule has 15 heteroatoms. The summed E-state index contributed by atoms with van der Waals surface area (Å²) in [4.78, 5) is 62.3. The summed E-state index contributed by atoms with van der Waals surface area (Å²) < 4.78 is 1.78. The number of aryl methyl sites for hydroxylation is 1. The molecule has 2 atom stereocenters. The van der Waals surface area contributed by atoms with Gasteiger partial charge in [0, 0.05) is 54.6 Å². The molecule has 43 heavy (non-hydrogen) atoms. The van der Waals surface area contributed by atoms with E-state index in [0.29, 0.717) is 29.5 Å². The van der Waals surface area contributed by atoms with Crippen molar-refractivity contribution in [1.82, 2.24) is 34.2 Å². The van der Waals surface area contributed by atoms with E-state index >= 15 is 0 Å². The number of imidazole rings is 1. The molecule has 0 aromatic carbocycles. The molecule has 212 valence electrons. The first-order valence-corrected chi connectivity index (χ1v) is 14.0. The summed E-state index contributed by atoms with van der Waals surface area (Å²) in [6.07, 6.45) is 9.37. The number of aromatic nitrogens is 6. The van der Waals surface area contributed by atoms with Crippen LogP contribution in [0.4, 0.5) is 22.1 Å². The number of amides is 4. The number of carbonyl (C=O) groups is 3. The number of hydrogen-bond donors (Lipinski definition) is 2. The third kappa shape index (κ3) is 5.08. The van der Waals surface area contributed by atoms with E-state index in [1.54, 1.807) is 16.8 Å². The average molecular weight is 572 g/mol. The van der Waals surface area contributed by atoms with Gasteiger partial charge in [0.05, 0.1) is 27.1 Å². The Morgan fingerprint density at radius 3 is 2.58 bits per heavy atom. The Hall–Kier alpha value is -4.81. The number of nitrogens with one attached hydrogen (secondary N) is 2. The van der Waals surface area contributed by atoms with Crippen LogP contribution >= 0.6 is 0 Å². The second-order valence-electron chi connectivity index (χ2n) is 11.4. The van der Waals surface area contributed by atoms with Gasteiger partial charge >= 0.3 is 6.03 Å². The zero-order valence-corrected chi connectivity index (χ0v) is 23.6. The highest BCUT2D eigenvalue weighted by Crippen LogP contribution is 2.46. The molecule has 2 aliphatic carbocycles. The van der Waals surface area contributed by atoms with Gasteiger partial charge in [-0.15, -0.1) is 0 Å². The van der Waals surface area contributed by atoms with Crippen molar-refractivity contribution in [3.8, 4) is 0 Å². The molecule has 3 aliphatic rings. The Morgan fingerprint density at radius 2 is 1.86 bits per heavy atom. The van der Waals surface area contributed by atoms with Gasteiger partial charge in [0.25, 0.3) is 0 Å². The summed E-state index contributed by atoms with van der Waals surface area (Å²) in [7, 11) is 14.5. The lowest BCUT2D eigenvalue weighted by Gasteiger charge is -2.26. The van der Waals surface area contributed by atoms with Gasteiger partial charge in [-0.2, -0.15) is 0 Å². The number of urea groups is 1. The lowest BCUT2D eigenvalue weighted by Crippen LogP contribution is -2.37. The molecule has 4 aromatic heterocycles. The Kier molecular flexibility index (Phi) is 6.22. The number of likely N-dealkylation sites (N-methyl/N-ethyl adjacent to an activating group) is 1. The van der Waals surface area contributed by atoms with Crippen molar-refractivity contribution in [2.45, 2.75) is 43.4 Å². The van der Waals surface area contributed by atoms with E-state index < -0.39 is 11.4 Å². The highest BCUT2D eigenvalue weighted by atomic mass is 16.2. The summed E-state index contributed by atoms with van der Waals surface area (Å²) >= 11 is 0. The predicted molar refractivity (Wildman–Crippen MR) is 158 cm³/mol. The topological polar surface area (TPSA) is 151 Å². The first-order valence-electron chi connectivity index (χ1n) is 14.0. The summed E-state index contributed by atoms with van der Waals surface area (Å²) in [6, 6.07) is 4.83. The van der Waals surface area contributed by atoms with Crippen LogP contribution in [0.5, 0.6) is 0 Å². The second kappa shape index (κ2) is 9.89. The molecular weight excluding hydrogens is 546 g/mol. The lowest BCUT2D eigenvalue weighted by atomic mass is 9.60. The van der Waals surface area contributed by atoms with E-state index in [-0.39, 0.29) is 47.5 Å². The third-order valence-electron chi connectivity index (χ3n) is 8.03. The number of rotatable bonds is 8. The van der Waals surface area contributed by atoms with Crippen LogP contribution in [0.2, 0.25) is 0 Å². The molecular formula is C28H26B2N10O3. The fourth-order valence-corrected chi connectivity index (χ4v) is 5.33. The van der Waals surface area contributed by atoms with Crippen LogP contribution in [0.3, 0.4) is 0 Å². The Bertz CT molecular complexity index is 1810. The summed E-state index contributed by atoms with van der Waals surface area (Å²) in [6.45, 7) is 1.81. The first kappa shape index (κ1) is 27.0. The number of carbonyl (C=O) groups excluding carboxylic acids is 3. The number of pyridine rings is 1. The zero-order valence-electron chi connectivity index (χ0n) is 23.6. The van der Waals surface area contributed by atoms with Crippen LogP contribution in [-0.2, 0) is 14.9 Å². The molecule has 1 aliphatic heterocycles. The minimum Gasteiger partial charge on any atom is -0.376 e. The molecule has 0 spiro atoms. The number of fused-ring (bicyclic) bond motifs is 1. The number of hydrogen-bond acceptors (Lipinski definition) is 9. The Morgan fingerprint density at radius 1 is 1.07 bits per heavy atom. The highest BCUT2D eigenvalue weighted by molar-refractivity contribution is 6.41. The summed E-state index contributed by atoms with van der Waals surface area (Å²) in [5.74, 6) is 0.817. The predicted octanol–water partition coefficient (Wildman–Crippen LogP) is 1.80. The van der Waals surface area contributed by atoms with Crippen LogP contribution < -0.4 is 15.5 Å². The fourth-order valence-electron chi connectivity index (χ4n) is 5.33. The van der Waals surface area contributed by atoms with Crippen molar-refractivity contribution >= 4 is 56.5 Å². The first-order chi connectivity index (χ1) is 20.6. The molecule has 0 unspecified atom stereocenters. The van der Waals surface area contributed by atoms with E-state index in [9.17, 15) is 14.4 Å². The molecule has 1 saturated heterocycles. The van der Waals surface area contributed by atoms with E-state index in [0.717, 1.165) is 29.0 Å². The minimum atomic E-state index is -1.69. The van der Waals surface area contributed by atoms with Gasteiger partial charge in [-0.1, -0.05) is 0 Å². The van der Waals surface area contributed by atoms with Crippen molar-refractivity contribution in [3.05, 3.63) is 65.9 Å². The maximum absolute atomic E-state index is 12.9. The minimum absolute atomic E-state index is 0.0326. The molecule has 4 aromatic rings. The van der Waals surface area contributed by atoms with Crippen LogP contribution in [0.25, 0.3) is 5.65 Å². The van der Waals surface area contributed by atoms with Crippen LogP contribution in [0.1, 0.15) is 53.9 Å². The normalized spacial score (nSPS) is 20.1. The van der Waals surface area contributed by atoms with Crippen molar-refractivity contribution in [2.24, 2.45) is 5.92 Å². The molecule has 4 amide bonds. The number of anilines is 3. The van der Waals surface area contributed by atoms with Gasteiger partial charge in [0.1, 0.15) is 30.3 Å². The quantitative estimate of drug-likeness (QED) is 0.238. The van der Waals surface area contributed by atoms with Gasteiger partial charge in [0.15, 0.2) is 5.65 Å². The zero-order chi connectivity index (χ0) is 30.0. The molecule has 5 heterocycles. The Labute approximate surface area is 249 Å². The molecule has 7 rings (SSSR count). The van der Waals surface area contributed by atoms with E-state index in [1.165, 1.54) is 24.3 Å². The van der Waals surface area contributed by atoms with Gasteiger partial charge in [0.2, 0.25) is 11.8 Å². The van der Waals surface area contributed by atoms with E-state index in [2.05, 4.69) is 35.6 Å². The van der Waals surface area contributed by atoms with Crippen LogP contribution in [-0.4, -0.2) is 81.4 Å². The molecule has 2 N–H and O–H groups in total. The summed E-state index contributed by atoms with van der Waals surface area (Å²) in [5.41, 5.74) is 3.11. The Balaban J connectivity index is 1.11. The molecule has 3 fully saturated rings. The molecule has 0 bridgehead atoms. The van der Waals surface area contributed by atoms with Crippen LogP contribution in [0.15, 0.2) is 43.1 Å². The second-order valence-corrected chi connectivity index (χ2v) is 11.4. The van der Waals surface area contributed by atoms with E-state index in [4.69, 9.17) is 15.7 Å². The standard InChI is InChI=1S/C28H26B2N10O3/c1-14-5-6-31-24(34-14)17-8-18(17)26(42)36-21-9-22(33-13-32-21)37-28(29,30)20-11-39-10-16(15-3-4-15)7-19(25(39)35-20)40-12-23(41)38(2)27(40)43/h5-7,9-11,13,15,17-18H,3-4,8,12H2,1-2H3,(H2,32,33,36,37,42)/t17-,18-/m0/s1. The SMILES string of the molecule is [B]C([B])(Nc1cc(NC(=O)[C@H]2C[C@@H]2c2nccc(C)n2)ncn1)c1cn2cc(C3CC3)cc(N3CC(=O)N(C)C3=O)c2n1. The monoisotopic (exact) mass is 572 g/mol. The van der Waals surface area contributed by atoms with Gasteiger partial charge < -0.3 is 15.0 Å². The maximum Gasteiger partial charge on any atom is 0.331 e.